The molecule has 0 N–H and O–H groups in total. The van der Waals surface area contributed by atoms with Crippen molar-refractivity contribution in [1.82, 2.24) is 0 Å². The van der Waals surface area contributed by atoms with E-state index in [-0.39, 0.29) is 0 Å². The first-order valence-corrected chi connectivity index (χ1v) is 7.23. The van der Waals surface area contributed by atoms with Gasteiger partial charge in [0.2, 0.25) is 0 Å². The summed E-state index contributed by atoms with van der Waals surface area (Å²) in [6.07, 6.45) is 0. The van der Waals surface area contributed by atoms with Crippen LogP contribution >= 0.6 is 57.4 Å². The van der Waals surface area contributed by atoms with Gasteiger partial charge in [-0.1, -0.05) is 34.8 Å². The maximum absolute atomic E-state index is 6.35. The highest BCUT2D eigenvalue weighted by atomic mass is 127. The predicted molar refractivity (Wildman–Crippen MR) is 86.2 cm³/mol. The monoisotopic (exact) mass is 412 g/mol. The highest BCUT2D eigenvalue weighted by Crippen LogP contribution is 2.40. The van der Waals surface area contributed by atoms with Gasteiger partial charge in [-0.05, 0) is 52.9 Å². The first-order valence-electron chi connectivity index (χ1n) is 5.02. The third-order valence-corrected chi connectivity index (χ3v) is 4.83. The highest BCUT2D eigenvalue weighted by molar-refractivity contribution is 14.1. The zero-order valence-corrected chi connectivity index (χ0v) is 13.7. The third-order valence-electron chi connectivity index (χ3n) is 2.49. The Kier molecular flexibility index (Phi) is 4.64. The van der Waals surface area contributed by atoms with E-state index in [0.29, 0.717) is 15.1 Å². The Hall–Kier alpha value is -0.160. The molecule has 2 rings (SSSR count). The topological polar surface area (TPSA) is 9.23 Å². The minimum atomic E-state index is 0.610. The van der Waals surface area contributed by atoms with Crippen molar-refractivity contribution in [2.45, 2.75) is 0 Å². The van der Waals surface area contributed by atoms with Crippen molar-refractivity contribution in [3.63, 3.8) is 0 Å². The minimum absolute atomic E-state index is 0.610. The largest absolute Gasteiger partial charge is 0.496 e. The van der Waals surface area contributed by atoms with Crippen molar-refractivity contribution in [1.29, 1.82) is 0 Å². The van der Waals surface area contributed by atoms with E-state index in [2.05, 4.69) is 22.6 Å². The average Bonchev–Trinajstić information content (AvgIpc) is 2.36. The van der Waals surface area contributed by atoms with Gasteiger partial charge in [0.1, 0.15) is 5.75 Å². The Balaban J connectivity index is 2.65. The maximum Gasteiger partial charge on any atom is 0.133 e. The zero-order chi connectivity index (χ0) is 13.3. The Morgan fingerprint density at radius 3 is 2.39 bits per heavy atom. The lowest BCUT2D eigenvalue weighted by atomic mass is 10.1. The molecule has 0 atom stereocenters. The van der Waals surface area contributed by atoms with Gasteiger partial charge in [-0.15, -0.1) is 0 Å². The molecule has 0 bridgehead atoms. The van der Waals surface area contributed by atoms with Gasteiger partial charge in [-0.25, -0.2) is 0 Å². The zero-order valence-electron chi connectivity index (χ0n) is 9.31. The van der Waals surface area contributed by atoms with E-state index < -0.39 is 0 Å². The van der Waals surface area contributed by atoms with Gasteiger partial charge in [0, 0.05) is 21.2 Å². The maximum atomic E-state index is 6.35. The smallest absolute Gasteiger partial charge is 0.133 e. The van der Waals surface area contributed by atoms with E-state index >= 15 is 0 Å². The van der Waals surface area contributed by atoms with Gasteiger partial charge in [0.25, 0.3) is 0 Å². The van der Waals surface area contributed by atoms with Crippen LogP contribution < -0.4 is 4.74 Å². The lowest BCUT2D eigenvalue weighted by Crippen LogP contribution is -1.90. The van der Waals surface area contributed by atoms with Crippen molar-refractivity contribution in [2.24, 2.45) is 0 Å². The van der Waals surface area contributed by atoms with Crippen LogP contribution in [0.2, 0.25) is 15.1 Å². The van der Waals surface area contributed by atoms with Gasteiger partial charge in [-0.3, -0.25) is 0 Å². The fourth-order valence-corrected chi connectivity index (χ4v) is 2.94. The van der Waals surface area contributed by atoms with Crippen LogP contribution in [0, 0.1) is 3.57 Å². The highest BCUT2D eigenvalue weighted by Gasteiger charge is 2.14. The lowest BCUT2D eigenvalue weighted by molar-refractivity contribution is 0.412. The van der Waals surface area contributed by atoms with E-state index in [1.54, 1.807) is 25.3 Å². The summed E-state index contributed by atoms with van der Waals surface area (Å²) < 4.78 is 6.07. The van der Waals surface area contributed by atoms with Crippen molar-refractivity contribution in [2.75, 3.05) is 7.11 Å². The molecule has 0 aromatic heterocycles. The van der Waals surface area contributed by atoms with Gasteiger partial charge in [-0.2, -0.15) is 0 Å². The van der Waals surface area contributed by atoms with Crippen molar-refractivity contribution >= 4 is 57.4 Å². The van der Waals surface area contributed by atoms with Crippen molar-refractivity contribution < 1.29 is 4.74 Å². The molecule has 2 aromatic carbocycles. The second-order valence-corrected chi connectivity index (χ2v) is 5.87. The summed E-state index contributed by atoms with van der Waals surface area (Å²) in [7, 11) is 1.61. The molecule has 0 saturated carbocycles. The first-order chi connectivity index (χ1) is 8.54. The van der Waals surface area contributed by atoms with E-state index in [1.807, 2.05) is 12.1 Å². The van der Waals surface area contributed by atoms with Crippen LogP contribution in [-0.4, -0.2) is 7.11 Å². The minimum Gasteiger partial charge on any atom is -0.496 e. The second-order valence-electron chi connectivity index (χ2n) is 3.57. The van der Waals surface area contributed by atoms with Gasteiger partial charge >= 0.3 is 0 Å². The Morgan fingerprint density at radius 2 is 1.72 bits per heavy atom. The Morgan fingerprint density at radius 1 is 1.00 bits per heavy atom. The van der Waals surface area contributed by atoms with Crippen LogP contribution in [0.1, 0.15) is 0 Å². The van der Waals surface area contributed by atoms with Crippen molar-refractivity contribution in [3.8, 4) is 16.9 Å². The summed E-state index contributed by atoms with van der Waals surface area (Å²) in [4.78, 5) is 0. The quantitative estimate of drug-likeness (QED) is 0.555. The molecule has 0 spiro atoms. The number of ether oxygens (including phenoxy) is 1. The summed E-state index contributed by atoms with van der Waals surface area (Å²) in [5, 5.41) is 1.85. The summed E-state index contributed by atoms with van der Waals surface area (Å²) >= 11 is 20.7. The molecule has 0 saturated heterocycles. The molecule has 0 aliphatic carbocycles. The summed E-state index contributed by atoms with van der Waals surface area (Å²) in [5.41, 5.74) is 1.66. The molecule has 5 heteroatoms. The number of rotatable bonds is 2. The van der Waals surface area contributed by atoms with Crippen molar-refractivity contribution in [3.05, 3.63) is 49.0 Å². The third kappa shape index (κ3) is 2.72. The molecule has 18 heavy (non-hydrogen) atoms. The molecular formula is C13H8Cl3IO. The number of halogens is 4. The molecule has 0 unspecified atom stereocenters. The van der Waals surface area contributed by atoms with Gasteiger partial charge in [0.05, 0.1) is 15.7 Å². The van der Waals surface area contributed by atoms with E-state index in [4.69, 9.17) is 39.5 Å². The molecule has 0 aliphatic rings. The number of benzene rings is 2. The van der Waals surface area contributed by atoms with Gasteiger partial charge in [0.15, 0.2) is 0 Å². The van der Waals surface area contributed by atoms with E-state index in [1.165, 1.54) is 0 Å². The number of hydrogen-bond acceptors (Lipinski definition) is 1. The molecule has 0 fully saturated rings. The molecular weight excluding hydrogens is 405 g/mol. The lowest BCUT2D eigenvalue weighted by Gasteiger charge is -2.11. The molecule has 0 aliphatic heterocycles. The molecule has 0 heterocycles. The van der Waals surface area contributed by atoms with Crippen LogP contribution in [0.25, 0.3) is 11.1 Å². The average molecular weight is 413 g/mol. The van der Waals surface area contributed by atoms with Crippen LogP contribution in [0.5, 0.6) is 5.75 Å². The number of methoxy groups -OCH3 is 1. The molecule has 1 nitrogen and oxygen atoms in total. The Labute approximate surface area is 134 Å². The molecule has 0 radical (unpaired) electrons. The summed E-state index contributed by atoms with van der Waals surface area (Å²) in [6, 6.07) is 9.04. The van der Waals surface area contributed by atoms with Crippen LogP contribution in [0.4, 0.5) is 0 Å². The van der Waals surface area contributed by atoms with Crippen LogP contribution in [0.15, 0.2) is 30.3 Å². The summed E-state index contributed by atoms with van der Waals surface area (Å²) in [6.45, 7) is 0. The standard InChI is InChI=1S/C13H8Cl3IO/c1-18-11-5-3-8(12(16)13(11)17)9-6-7(14)2-4-10(9)15/h2-6H,1H3. The fraction of sp³-hybridized carbons (Fsp3) is 0.0769. The summed E-state index contributed by atoms with van der Waals surface area (Å²) in [5.74, 6) is 0.738. The fourth-order valence-electron chi connectivity index (χ4n) is 1.60. The van der Waals surface area contributed by atoms with Gasteiger partial charge < -0.3 is 4.74 Å². The van der Waals surface area contributed by atoms with E-state index in [9.17, 15) is 0 Å². The normalized spacial score (nSPS) is 10.5. The van der Waals surface area contributed by atoms with Crippen LogP contribution in [0.3, 0.4) is 0 Å². The first kappa shape index (κ1) is 14.3. The molecule has 94 valence electrons. The second kappa shape index (κ2) is 5.87. The SMILES string of the molecule is COc1ccc(-c2cc(Cl)ccc2Cl)c(Cl)c1I. The Bertz CT molecular complexity index is 599. The molecule has 0 amide bonds. The van der Waals surface area contributed by atoms with Crippen LogP contribution in [-0.2, 0) is 0 Å². The molecule has 2 aromatic rings. The number of hydrogen-bond donors (Lipinski definition) is 0. The van der Waals surface area contributed by atoms with E-state index in [0.717, 1.165) is 20.4 Å². The predicted octanol–water partition coefficient (Wildman–Crippen LogP) is 5.93.